The quantitative estimate of drug-likeness (QED) is 0.295. The highest BCUT2D eigenvalue weighted by Crippen LogP contribution is 2.26. The van der Waals surface area contributed by atoms with Crippen LogP contribution in [-0.2, 0) is 4.79 Å². The van der Waals surface area contributed by atoms with E-state index in [0.29, 0.717) is 5.75 Å². The summed E-state index contributed by atoms with van der Waals surface area (Å²) in [7, 11) is 0. The Morgan fingerprint density at radius 1 is 0.895 bits per heavy atom. The van der Waals surface area contributed by atoms with Crippen molar-refractivity contribution in [1.29, 1.82) is 0 Å². The first kappa shape index (κ1) is 11.5. The molecule has 3 aromatic rings. The lowest BCUT2D eigenvalue weighted by Gasteiger charge is -2.05. The number of benzene rings is 3. The molecule has 0 aliphatic carbocycles. The van der Waals surface area contributed by atoms with Gasteiger partial charge in [-0.15, -0.1) is 0 Å². The van der Waals surface area contributed by atoms with Crippen LogP contribution in [0.5, 0.6) is 5.75 Å². The molecule has 0 aliphatic heterocycles. The largest absolute Gasteiger partial charge is 0.423 e. The zero-order valence-corrected chi connectivity index (χ0v) is 10.3. The normalized spacial score (nSPS) is 10.5. The summed E-state index contributed by atoms with van der Waals surface area (Å²) >= 11 is 0. The van der Waals surface area contributed by atoms with Crippen LogP contribution in [0.3, 0.4) is 0 Å². The molecule has 0 atom stereocenters. The highest BCUT2D eigenvalue weighted by Gasteiger charge is 2.02. The number of esters is 1. The third-order valence-electron chi connectivity index (χ3n) is 3.06. The first-order chi connectivity index (χ1) is 9.26. The lowest BCUT2D eigenvalue weighted by atomic mass is 10.0. The van der Waals surface area contributed by atoms with E-state index >= 15 is 0 Å². The third-order valence-corrected chi connectivity index (χ3v) is 3.06. The third kappa shape index (κ3) is 2.20. The maximum absolute atomic E-state index is 11.2. The number of hydrogen-bond acceptors (Lipinski definition) is 2. The average Bonchev–Trinajstić information content (AvgIpc) is 2.45. The van der Waals surface area contributed by atoms with Crippen LogP contribution in [0.25, 0.3) is 21.5 Å². The van der Waals surface area contributed by atoms with E-state index in [1.807, 2.05) is 24.3 Å². The Morgan fingerprint density at radius 3 is 2.21 bits per heavy atom. The molecule has 0 N–H and O–H groups in total. The Balaban J connectivity index is 2.14. The van der Waals surface area contributed by atoms with Gasteiger partial charge in [-0.1, -0.05) is 36.9 Å². The van der Waals surface area contributed by atoms with Gasteiger partial charge in [0.2, 0.25) is 0 Å². The lowest BCUT2D eigenvalue weighted by molar-refractivity contribution is -0.128. The summed E-state index contributed by atoms with van der Waals surface area (Å²) in [6.45, 7) is 3.39. The Morgan fingerprint density at radius 2 is 1.53 bits per heavy atom. The van der Waals surface area contributed by atoms with E-state index in [1.54, 1.807) is 6.07 Å². The topological polar surface area (TPSA) is 26.3 Å². The Kier molecular flexibility index (Phi) is 2.76. The Hall–Kier alpha value is -2.61. The van der Waals surface area contributed by atoms with E-state index in [-0.39, 0.29) is 0 Å². The molecule has 0 spiro atoms. The van der Waals surface area contributed by atoms with Crippen LogP contribution in [0.1, 0.15) is 0 Å². The molecule has 2 heteroatoms. The van der Waals surface area contributed by atoms with E-state index in [2.05, 4.69) is 30.8 Å². The number of hydrogen-bond donors (Lipinski definition) is 0. The second kappa shape index (κ2) is 4.58. The van der Waals surface area contributed by atoms with Gasteiger partial charge in [-0.05, 0) is 45.8 Å². The Bertz CT molecular complexity index is 787. The monoisotopic (exact) mass is 248 g/mol. The molecule has 0 bridgehead atoms. The van der Waals surface area contributed by atoms with Gasteiger partial charge in [-0.3, -0.25) is 0 Å². The van der Waals surface area contributed by atoms with Gasteiger partial charge >= 0.3 is 5.97 Å². The Labute approximate surface area is 110 Å². The fourth-order valence-corrected chi connectivity index (χ4v) is 2.14. The van der Waals surface area contributed by atoms with Crippen LogP contribution in [-0.4, -0.2) is 5.97 Å². The van der Waals surface area contributed by atoms with Gasteiger partial charge in [0.05, 0.1) is 0 Å². The van der Waals surface area contributed by atoms with Crippen molar-refractivity contribution in [2.75, 3.05) is 0 Å². The number of carbonyl (C=O) groups excluding carboxylic acids is 1. The molecule has 0 saturated carbocycles. The minimum Gasteiger partial charge on any atom is -0.423 e. The second-order valence-electron chi connectivity index (χ2n) is 4.33. The van der Waals surface area contributed by atoms with Crippen LogP contribution >= 0.6 is 0 Å². The zero-order chi connectivity index (χ0) is 13.2. The van der Waals surface area contributed by atoms with E-state index < -0.39 is 5.97 Å². The molecular formula is C17H12O2. The van der Waals surface area contributed by atoms with Crippen molar-refractivity contribution in [1.82, 2.24) is 0 Å². The summed E-state index contributed by atoms with van der Waals surface area (Å²) in [4.78, 5) is 11.2. The fraction of sp³-hybridized carbons (Fsp3) is 0. The second-order valence-corrected chi connectivity index (χ2v) is 4.33. The standard InChI is InChI=1S/C17H12O2/c1-2-17(18)19-16-8-7-14-9-12-5-3-4-6-13(12)10-15(14)11-16/h2-11H,1H2. The van der Waals surface area contributed by atoms with Crippen molar-refractivity contribution in [2.45, 2.75) is 0 Å². The highest BCUT2D eigenvalue weighted by molar-refractivity contribution is 5.98. The SMILES string of the molecule is C=CC(=O)Oc1ccc2cc3ccccc3cc2c1. The average molecular weight is 248 g/mol. The van der Waals surface area contributed by atoms with Crippen LogP contribution in [0, 0.1) is 0 Å². The van der Waals surface area contributed by atoms with E-state index in [9.17, 15) is 4.79 Å². The summed E-state index contributed by atoms with van der Waals surface area (Å²) in [5, 5.41) is 4.54. The fourth-order valence-electron chi connectivity index (χ4n) is 2.14. The van der Waals surface area contributed by atoms with E-state index in [4.69, 9.17) is 4.74 Å². The van der Waals surface area contributed by atoms with Crippen molar-refractivity contribution in [3.05, 3.63) is 67.3 Å². The molecule has 92 valence electrons. The van der Waals surface area contributed by atoms with Crippen LogP contribution in [0.2, 0.25) is 0 Å². The lowest BCUT2D eigenvalue weighted by Crippen LogP contribution is -2.02. The van der Waals surface area contributed by atoms with Crippen molar-refractivity contribution < 1.29 is 9.53 Å². The van der Waals surface area contributed by atoms with E-state index in [0.717, 1.165) is 16.8 Å². The molecular weight excluding hydrogens is 236 g/mol. The van der Waals surface area contributed by atoms with Crippen molar-refractivity contribution in [3.8, 4) is 5.75 Å². The summed E-state index contributed by atoms with van der Waals surface area (Å²) < 4.78 is 5.13. The number of carbonyl (C=O) groups is 1. The molecule has 0 aromatic heterocycles. The minimum atomic E-state index is -0.444. The highest BCUT2D eigenvalue weighted by atomic mass is 16.5. The molecule has 0 aliphatic rings. The zero-order valence-electron chi connectivity index (χ0n) is 10.3. The molecule has 0 fully saturated rings. The molecule has 0 amide bonds. The first-order valence-electron chi connectivity index (χ1n) is 6.03. The summed E-state index contributed by atoms with van der Waals surface area (Å²) in [5.74, 6) is 0.0906. The summed E-state index contributed by atoms with van der Waals surface area (Å²) in [6, 6.07) is 18.0. The van der Waals surface area contributed by atoms with Crippen molar-refractivity contribution in [3.63, 3.8) is 0 Å². The number of rotatable bonds is 2. The van der Waals surface area contributed by atoms with Crippen molar-refractivity contribution in [2.24, 2.45) is 0 Å². The van der Waals surface area contributed by atoms with Gasteiger partial charge in [-0.2, -0.15) is 0 Å². The maximum Gasteiger partial charge on any atom is 0.335 e. The molecule has 2 nitrogen and oxygen atoms in total. The molecule has 3 aromatic carbocycles. The van der Waals surface area contributed by atoms with Crippen LogP contribution < -0.4 is 4.74 Å². The van der Waals surface area contributed by atoms with Crippen molar-refractivity contribution >= 4 is 27.5 Å². The predicted octanol–water partition coefficient (Wildman–Crippen LogP) is 4.08. The maximum atomic E-state index is 11.2. The van der Waals surface area contributed by atoms with Crippen LogP contribution in [0.15, 0.2) is 67.3 Å². The molecule has 0 saturated heterocycles. The first-order valence-corrected chi connectivity index (χ1v) is 6.03. The summed E-state index contributed by atoms with van der Waals surface area (Å²) in [5.41, 5.74) is 0. The molecule has 0 unspecified atom stereocenters. The summed E-state index contributed by atoms with van der Waals surface area (Å²) in [6.07, 6.45) is 1.16. The molecule has 0 radical (unpaired) electrons. The van der Waals surface area contributed by atoms with Gasteiger partial charge in [0.25, 0.3) is 0 Å². The van der Waals surface area contributed by atoms with Gasteiger partial charge in [0, 0.05) is 6.08 Å². The number of ether oxygens (including phenoxy) is 1. The van der Waals surface area contributed by atoms with Gasteiger partial charge in [-0.25, -0.2) is 4.79 Å². The number of fused-ring (bicyclic) bond motifs is 2. The molecule has 0 heterocycles. The predicted molar refractivity (Wildman–Crippen MR) is 77.3 cm³/mol. The smallest absolute Gasteiger partial charge is 0.335 e. The molecule has 19 heavy (non-hydrogen) atoms. The van der Waals surface area contributed by atoms with Gasteiger partial charge < -0.3 is 4.74 Å². The molecule has 3 rings (SSSR count). The van der Waals surface area contributed by atoms with E-state index in [1.165, 1.54) is 10.8 Å². The minimum absolute atomic E-state index is 0.444. The van der Waals surface area contributed by atoms with Crippen LogP contribution in [0.4, 0.5) is 0 Å². The van der Waals surface area contributed by atoms with Gasteiger partial charge in [0.15, 0.2) is 0 Å². The van der Waals surface area contributed by atoms with Gasteiger partial charge in [0.1, 0.15) is 5.75 Å².